The van der Waals surface area contributed by atoms with E-state index in [1.54, 1.807) is 17.7 Å². The van der Waals surface area contributed by atoms with Crippen LogP contribution in [-0.4, -0.2) is 80.1 Å². The summed E-state index contributed by atoms with van der Waals surface area (Å²) in [6, 6.07) is 11.4. The fraction of sp³-hybridized carbons (Fsp3) is 0.450. The molecule has 3 aliphatic heterocycles. The number of imide groups is 1. The number of likely N-dealkylation sites (tertiary alicyclic amines) is 1. The van der Waals surface area contributed by atoms with Gasteiger partial charge in [0.1, 0.15) is 17.5 Å². The van der Waals surface area contributed by atoms with Crippen molar-refractivity contribution in [3.05, 3.63) is 75.8 Å². The van der Waals surface area contributed by atoms with E-state index >= 15 is 0 Å². The van der Waals surface area contributed by atoms with Crippen LogP contribution in [0.5, 0.6) is 0 Å². The van der Waals surface area contributed by atoms with Crippen molar-refractivity contribution < 1.29 is 19.2 Å². The Morgan fingerprint density at radius 1 is 0.889 bits per heavy atom. The van der Waals surface area contributed by atoms with Crippen LogP contribution in [-0.2, 0) is 14.4 Å². The van der Waals surface area contributed by atoms with Gasteiger partial charge in [-0.1, -0.05) is 18.9 Å². The molecule has 280 valence electrons. The molecule has 4 fully saturated rings. The summed E-state index contributed by atoms with van der Waals surface area (Å²) >= 11 is 0. The molecule has 1 aliphatic carbocycles. The summed E-state index contributed by atoms with van der Waals surface area (Å²) in [5.74, 6) is 0.634. The van der Waals surface area contributed by atoms with E-state index in [1.165, 1.54) is 6.92 Å². The highest BCUT2D eigenvalue weighted by Crippen LogP contribution is 2.34. The van der Waals surface area contributed by atoms with Gasteiger partial charge >= 0.3 is 0 Å². The third-order valence-electron chi connectivity index (χ3n) is 11.6. The quantitative estimate of drug-likeness (QED) is 0.162. The number of rotatable bonds is 9. The van der Waals surface area contributed by atoms with Gasteiger partial charge in [0.05, 0.1) is 11.5 Å². The standard InChI is InChI=1S/C40H45N9O5/c1-23-31-20-42-40(46-36(31)49(30-5-3-4-6-30)39(54)35(23)24(2)50)44-33-13-7-26(19-41-33)25-15-17-47(18-16-25)38(53)27-21-48(22-27)29-10-8-28(9-11-29)43-32-12-14-34(51)45-37(32)52/h7-11,13,19-20,25,27,30,32,43H,3-6,12,14-18,21-22H2,1-2H3,(H,45,51,52)(H,41,42,44,46). The molecule has 3 amide bonds. The lowest BCUT2D eigenvalue weighted by Gasteiger charge is -2.43. The van der Waals surface area contributed by atoms with E-state index in [9.17, 15) is 24.0 Å². The van der Waals surface area contributed by atoms with Gasteiger partial charge in [-0.15, -0.1) is 0 Å². The SMILES string of the molecule is CC(=O)c1c(C)c2cnc(Nc3ccc(C4CCN(C(=O)C5CN(c6ccc(NC7CCC(=O)NC7=O)cc6)C5)CC4)cn3)nc2n(C2CCCC2)c1=O. The maximum atomic E-state index is 13.5. The largest absolute Gasteiger partial charge is 0.374 e. The molecular weight excluding hydrogens is 686 g/mol. The lowest BCUT2D eigenvalue weighted by Crippen LogP contribution is -2.55. The van der Waals surface area contributed by atoms with Crippen molar-refractivity contribution in [3.63, 3.8) is 0 Å². The first-order valence-electron chi connectivity index (χ1n) is 19.0. The molecule has 3 saturated heterocycles. The van der Waals surface area contributed by atoms with Gasteiger partial charge in [0.25, 0.3) is 5.56 Å². The van der Waals surface area contributed by atoms with Crippen molar-refractivity contribution in [1.29, 1.82) is 0 Å². The summed E-state index contributed by atoms with van der Waals surface area (Å²) < 4.78 is 1.71. The molecule has 54 heavy (non-hydrogen) atoms. The van der Waals surface area contributed by atoms with Gasteiger partial charge in [0.15, 0.2) is 5.78 Å². The Labute approximate surface area is 312 Å². The molecule has 0 spiro atoms. The zero-order valence-electron chi connectivity index (χ0n) is 30.6. The molecule has 8 rings (SSSR count). The average Bonchev–Trinajstić information content (AvgIpc) is 3.68. The van der Waals surface area contributed by atoms with E-state index in [2.05, 4.69) is 36.9 Å². The Balaban J connectivity index is 0.842. The van der Waals surface area contributed by atoms with E-state index in [0.29, 0.717) is 73.3 Å². The Kier molecular flexibility index (Phi) is 9.59. The average molecular weight is 732 g/mol. The van der Waals surface area contributed by atoms with Crippen LogP contribution in [0.15, 0.2) is 53.6 Å². The number of aromatic nitrogens is 4. The van der Waals surface area contributed by atoms with Gasteiger partial charge in [-0.25, -0.2) is 9.97 Å². The van der Waals surface area contributed by atoms with Crippen LogP contribution < -0.4 is 26.4 Å². The number of hydrogen-bond donors (Lipinski definition) is 3. The molecule has 4 aromatic rings. The minimum atomic E-state index is -0.424. The zero-order valence-corrected chi connectivity index (χ0v) is 30.6. The summed E-state index contributed by atoms with van der Waals surface area (Å²) in [5.41, 5.74) is 4.05. The lowest BCUT2D eigenvalue weighted by molar-refractivity contribution is -0.137. The number of aryl methyl sites for hydroxylation is 1. The number of carbonyl (C=O) groups is 4. The molecular formula is C40H45N9O5. The number of carbonyl (C=O) groups excluding carboxylic acids is 4. The molecule has 3 aromatic heterocycles. The number of fused-ring (bicyclic) bond motifs is 1. The molecule has 1 unspecified atom stereocenters. The van der Waals surface area contributed by atoms with E-state index < -0.39 is 6.04 Å². The summed E-state index contributed by atoms with van der Waals surface area (Å²) in [6.07, 6.45) is 9.93. The fourth-order valence-electron chi connectivity index (χ4n) is 8.48. The number of nitrogens with one attached hydrogen (secondary N) is 3. The maximum absolute atomic E-state index is 13.5. The molecule has 4 aliphatic rings. The van der Waals surface area contributed by atoms with Gasteiger partial charge < -0.3 is 20.4 Å². The van der Waals surface area contributed by atoms with E-state index in [1.807, 2.05) is 41.4 Å². The molecule has 1 atom stereocenters. The van der Waals surface area contributed by atoms with Crippen LogP contribution >= 0.6 is 0 Å². The van der Waals surface area contributed by atoms with Gasteiger partial charge in [-0.3, -0.25) is 33.9 Å². The topological polar surface area (TPSA) is 172 Å². The number of ketones is 1. The molecule has 1 aromatic carbocycles. The number of amides is 3. The van der Waals surface area contributed by atoms with Crippen molar-refractivity contribution in [2.45, 2.75) is 83.2 Å². The molecule has 14 nitrogen and oxygen atoms in total. The van der Waals surface area contributed by atoms with Crippen LogP contribution in [0.25, 0.3) is 11.0 Å². The first kappa shape index (κ1) is 35.4. The Morgan fingerprint density at radius 3 is 2.30 bits per heavy atom. The second-order valence-electron chi connectivity index (χ2n) is 15.1. The Bertz CT molecular complexity index is 2170. The molecule has 1 saturated carbocycles. The number of Topliss-reactive ketones (excluding diaryl/α,β-unsaturated/α-hetero) is 1. The van der Waals surface area contributed by atoms with Crippen LogP contribution in [0.4, 0.5) is 23.1 Å². The van der Waals surface area contributed by atoms with Gasteiger partial charge in [0.2, 0.25) is 23.7 Å². The molecule has 0 bridgehead atoms. The summed E-state index contributed by atoms with van der Waals surface area (Å²) in [4.78, 5) is 81.0. The number of benzene rings is 1. The maximum Gasteiger partial charge on any atom is 0.263 e. The Morgan fingerprint density at radius 2 is 1.63 bits per heavy atom. The monoisotopic (exact) mass is 731 g/mol. The highest BCUT2D eigenvalue weighted by Gasteiger charge is 2.37. The third-order valence-corrected chi connectivity index (χ3v) is 11.6. The van der Waals surface area contributed by atoms with Gasteiger partial charge in [0, 0.05) is 67.8 Å². The normalized spacial score (nSPS) is 19.9. The molecule has 3 N–H and O–H groups in total. The Hall–Kier alpha value is -5.66. The highest BCUT2D eigenvalue weighted by molar-refractivity contribution is 6.01. The van der Waals surface area contributed by atoms with E-state index in [4.69, 9.17) is 4.98 Å². The van der Waals surface area contributed by atoms with E-state index in [-0.39, 0.29) is 46.6 Å². The van der Waals surface area contributed by atoms with Crippen molar-refractivity contribution >= 4 is 57.7 Å². The van der Waals surface area contributed by atoms with Gasteiger partial charge in [-0.05, 0) is 93.3 Å². The summed E-state index contributed by atoms with van der Waals surface area (Å²) in [5, 5.41) is 9.48. The molecule has 0 radical (unpaired) electrons. The van der Waals surface area contributed by atoms with Gasteiger partial charge in [-0.2, -0.15) is 4.98 Å². The highest BCUT2D eigenvalue weighted by atomic mass is 16.2. The molecule has 14 heteroatoms. The van der Waals surface area contributed by atoms with Crippen LogP contribution in [0.3, 0.4) is 0 Å². The molecule has 6 heterocycles. The first-order chi connectivity index (χ1) is 26.1. The number of piperidine rings is 2. The van der Waals surface area contributed by atoms with E-state index in [0.717, 1.165) is 55.5 Å². The van der Waals surface area contributed by atoms with Crippen molar-refractivity contribution in [2.24, 2.45) is 5.92 Å². The van der Waals surface area contributed by atoms with Crippen molar-refractivity contribution in [2.75, 3.05) is 41.7 Å². The second-order valence-corrected chi connectivity index (χ2v) is 15.1. The predicted molar refractivity (Wildman–Crippen MR) is 204 cm³/mol. The second kappa shape index (κ2) is 14.6. The summed E-state index contributed by atoms with van der Waals surface area (Å²) in [7, 11) is 0. The number of anilines is 4. The van der Waals surface area contributed by atoms with Crippen LogP contribution in [0.2, 0.25) is 0 Å². The third kappa shape index (κ3) is 6.92. The van der Waals surface area contributed by atoms with Crippen LogP contribution in [0.1, 0.15) is 91.7 Å². The van der Waals surface area contributed by atoms with Crippen molar-refractivity contribution in [1.82, 2.24) is 29.7 Å². The summed E-state index contributed by atoms with van der Waals surface area (Å²) in [6.45, 7) is 5.99. The number of pyridine rings is 2. The first-order valence-corrected chi connectivity index (χ1v) is 19.0. The van der Waals surface area contributed by atoms with Crippen molar-refractivity contribution in [3.8, 4) is 0 Å². The number of nitrogens with zero attached hydrogens (tertiary/aromatic N) is 6. The smallest absolute Gasteiger partial charge is 0.263 e. The number of hydrogen-bond acceptors (Lipinski definition) is 11. The lowest BCUT2D eigenvalue weighted by atomic mass is 9.89. The fourth-order valence-corrected chi connectivity index (χ4v) is 8.48. The predicted octanol–water partition coefficient (Wildman–Crippen LogP) is 4.62. The minimum Gasteiger partial charge on any atom is -0.374 e. The van der Waals surface area contributed by atoms with Crippen LogP contribution in [0, 0.1) is 12.8 Å². The minimum absolute atomic E-state index is 0.00582. The zero-order chi connectivity index (χ0) is 37.5.